The quantitative estimate of drug-likeness (QED) is 0.418. The molecular formula is C23H24F3N5O3S. The Morgan fingerprint density at radius 1 is 1.17 bits per heavy atom. The summed E-state index contributed by atoms with van der Waals surface area (Å²) in [5.41, 5.74) is -4.80. The lowest BCUT2D eigenvalue weighted by molar-refractivity contribution is -0.123. The lowest BCUT2D eigenvalue weighted by atomic mass is 9.93. The van der Waals surface area contributed by atoms with Gasteiger partial charge < -0.3 is 10.2 Å². The second-order valence-corrected chi connectivity index (χ2v) is 10.0. The molecule has 2 N–H and O–H groups in total. The number of carbonyl (C=O) groups is 3. The van der Waals surface area contributed by atoms with E-state index in [-0.39, 0.29) is 41.0 Å². The van der Waals surface area contributed by atoms with Crippen LogP contribution >= 0.6 is 11.8 Å². The van der Waals surface area contributed by atoms with Crippen molar-refractivity contribution in [2.45, 2.75) is 61.6 Å². The van der Waals surface area contributed by atoms with Crippen LogP contribution in [0, 0.1) is 0 Å². The molecule has 8 nitrogen and oxygen atoms in total. The molecule has 186 valence electrons. The number of aromatic nitrogens is 1. The van der Waals surface area contributed by atoms with Gasteiger partial charge in [-0.25, -0.2) is 19.5 Å². The van der Waals surface area contributed by atoms with Crippen LogP contribution in [0.15, 0.2) is 47.5 Å². The van der Waals surface area contributed by atoms with Crippen molar-refractivity contribution in [3.8, 4) is 0 Å². The fourth-order valence-corrected chi connectivity index (χ4v) is 4.38. The number of nitrogens with one attached hydrogen (secondary N) is 2. The number of anilines is 2. The van der Waals surface area contributed by atoms with E-state index in [0.717, 1.165) is 24.2 Å². The molecule has 1 saturated heterocycles. The average molecular weight is 508 g/mol. The second kappa shape index (κ2) is 9.40. The topological polar surface area (TPSA) is 94.6 Å². The van der Waals surface area contributed by atoms with Crippen LogP contribution in [0.5, 0.6) is 0 Å². The third-order valence-electron chi connectivity index (χ3n) is 6.00. The van der Waals surface area contributed by atoms with Crippen molar-refractivity contribution in [1.82, 2.24) is 15.2 Å². The maximum absolute atomic E-state index is 13.2. The van der Waals surface area contributed by atoms with Gasteiger partial charge in [0.2, 0.25) is 0 Å². The third kappa shape index (κ3) is 5.53. The smallest absolute Gasteiger partial charge is 0.335 e. The molecule has 1 aromatic heterocycles. The molecule has 5 amide bonds. The van der Waals surface area contributed by atoms with Gasteiger partial charge in [-0.2, -0.15) is 13.2 Å². The van der Waals surface area contributed by atoms with Gasteiger partial charge in [0.05, 0.1) is 5.69 Å². The van der Waals surface area contributed by atoms with Crippen LogP contribution in [0.4, 0.5) is 34.3 Å². The number of thioether (sulfide) groups is 1. The minimum absolute atomic E-state index is 0.0466. The zero-order valence-corrected chi connectivity index (χ0v) is 19.9. The van der Waals surface area contributed by atoms with E-state index >= 15 is 0 Å². The van der Waals surface area contributed by atoms with E-state index in [1.54, 1.807) is 26.0 Å². The number of nitrogens with zero attached hydrogens (tertiary/aromatic N) is 3. The lowest BCUT2D eigenvalue weighted by Crippen LogP contribution is -2.43. The minimum Gasteiger partial charge on any atom is -0.335 e. The van der Waals surface area contributed by atoms with Crippen molar-refractivity contribution >= 4 is 41.2 Å². The number of pyridine rings is 1. The standard InChI is InChI=1S/C23H24F3N5O3S/c1-22(2)19(32)31(16-6-8-17(9-7-16)35-23(24,25)26)21(34)30(22)13-14-10-11-27-18(12-14)29-20(33)28-15-4-3-5-15/h6-12,15H,3-5,13H2,1-2H3,(H2,27,28,29,33). The van der Waals surface area contributed by atoms with Crippen LogP contribution in [-0.4, -0.2) is 44.9 Å². The molecule has 2 heterocycles. The van der Waals surface area contributed by atoms with Gasteiger partial charge in [-0.3, -0.25) is 10.1 Å². The van der Waals surface area contributed by atoms with Gasteiger partial charge in [-0.1, -0.05) is 0 Å². The van der Waals surface area contributed by atoms with Crippen LogP contribution in [-0.2, 0) is 11.3 Å². The Kier molecular flexibility index (Phi) is 6.67. The Morgan fingerprint density at radius 3 is 2.46 bits per heavy atom. The molecule has 0 atom stereocenters. The van der Waals surface area contributed by atoms with E-state index in [1.807, 2.05) is 0 Å². The molecule has 1 aliphatic heterocycles. The highest BCUT2D eigenvalue weighted by molar-refractivity contribution is 8.00. The Morgan fingerprint density at radius 2 is 1.86 bits per heavy atom. The number of imide groups is 1. The summed E-state index contributed by atoms with van der Waals surface area (Å²) in [4.78, 5) is 44.9. The largest absolute Gasteiger partial charge is 0.446 e. The molecule has 0 spiro atoms. The summed E-state index contributed by atoms with van der Waals surface area (Å²) in [5.74, 6) is -0.185. The van der Waals surface area contributed by atoms with Gasteiger partial charge in [0.15, 0.2) is 0 Å². The van der Waals surface area contributed by atoms with E-state index in [1.165, 1.54) is 35.4 Å². The molecule has 2 aromatic rings. The van der Waals surface area contributed by atoms with Crippen molar-refractivity contribution in [3.05, 3.63) is 48.2 Å². The van der Waals surface area contributed by atoms with Crippen molar-refractivity contribution in [2.24, 2.45) is 0 Å². The molecule has 1 saturated carbocycles. The van der Waals surface area contributed by atoms with Gasteiger partial charge in [0.25, 0.3) is 5.91 Å². The van der Waals surface area contributed by atoms with Crippen molar-refractivity contribution in [3.63, 3.8) is 0 Å². The SMILES string of the molecule is CC1(C)C(=O)N(c2ccc(SC(F)(F)F)cc2)C(=O)N1Cc1ccnc(NC(=O)NC2CCC2)c1. The number of alkyl halides is 3. The molecule has 1 aliphatic carbocycles. The number of hydrogen-bond donors (Lipinski definition) is 2. The monoisotopic (exact) mass is 507 g/mol. The molecule has 0 bridgehead atoms. The average Bonchev–Trinajstić information content (AvgIpc) is 2.90. The number of rotatable bonds is 6. The fraction of sp³-hybridized carbons (Fsp3) is 0.391. The Bertz CT molecular complexity index is 1140. The Hall–Kier alpha value is -3.28. The molecule has 0 radical (unpaired) electrons. The first-order chi connectivity index (χ1) is 16.4. The third-order valence-corrected chi connectivity index (χ3v) is 6.74. The maximum Gasteiger partial charge on any atom is 0.446 e. The zero-order valence-electron chi connectivity index (χ0n) is 19.1. The summed E-state index contributed by atoms with van der Waals surface area (Å²) in [7, 11) is 0. The van der Waals surface area contributed by atoms with E-state index in [4.69, 9.17) is 0 Å². The van der Waals surface area contributed by atoms with E-state index in [2.05, 4.69) is 15.6 Å². The molecule has 35 heavy (non-hydrogen) atoms. The molecular weight excluding hydrogens is 483 g/mol. The zero-order chi connectivity index (χ0) is 25.4. The van der Waals surface area contributed by atoms with Gasteiger partial charge in [-0.15, -0.1) is 0 Å². The number of hydrogen-bond acceptors (Lipinski definition) is 5. The van der Waals surface area contributed by atoms with E-state index in [0.29, 0.717) is 11.4 Å². The van der Waals surface area contributed by atoms with Crippen molar-refractivity contribution in [1.29, 1.82) is 0 Å². The predicted molar refractivity (Wildman–Crippen MR) is 125 cm³/mol. The predicted octanol–water partition coefficient (Wildman–Crippen LogP) is 5.11. The van der Waals surface area contributed by atoms with Crippen molar-refractivity contribution < 1.29 is 27.6 Å². The summed E-state index contributed by atoms with van der Waals surface area (Å²) >= 11 is -0.270. The Balaban J connectivity index is 1.48. The molecule has 12 heteroatoms. The van der Waals surface area contributed by atoms with E-state index < -0.39 is 23.0 Å². The first kappa shape index (κ1) is 24.8. The van der Waals surface area contributed by atoms with Gasteiger partial charge in [-0.05, 0) is 86.8 Å². The number of carbonyl (C=O) groups excluding carboxylic acids is 3. The number of halogens is 3. The van der Waals surface area contributed by atoms with Crippen LogP contribution in [0.2, 0.25) is 0 Å². The van der Waals surface area contributed by atoms with Crippen LogP contribution in [0.25, 0.3) is 0 Å². The summed E-state index contributed by atoms with van der Waals surface area (Å²) < 4.78 is 37.8. The van der Waals surface area contributed by atoms with Gasteiger partial charge in [0.1, 0.15) is 11.4 Å². The minimum atomic E-state index is -4.43. The highest BCUT2D eigenvalue weighted by atomic mass is 32.2. The first-order valence-corrected chi connectivity index (χ1v) is 11.8. The molecule has 1 aromatic carbocycles. The highest BCUT2D eigenvalue weighted by Gasteiger charge is 2.51. The Labute approximate surface area is 204 Å². The number of amides is 5. The summed E-state index contributed by atoms with van der Waals surface area (Å²) in [5, 5.41) is 5.53. The molecule has 2 fully saturated rings. The summed E-state index contributed by atoms with van der Waals surface area (Å²) in [6, 6.07) is 7.60. The number of benzene rings is 1. The van der Waals surface area contributed by atoms with Crippen LogP contribution in [0.1, 0.15) is 38.7 Å². The van der Waals surface area contributed by atoms with E-state index in [9.17, 15) is 27.6 Å². The van der Waals surface area contributed by atoms with Crippen LogP contribution in [0.3, 0.4) is 0 Å². The molecule has 2 aliphatic rings. The number of urea groups is 2. The highest BCUT2D eigenvalue weighted by Crippen LogP contribution is 2.39. The summed E-state index contributed by atoms with van der Waals surface area (Å²) in [6.45, 7) is 3.28. The van der Waals surface area contributed by atoms with Gasteiger partial charge in [0, 0.05) is 23.7 Å². The maximum atomic E-state index is 13.2. The second-order valence-electron chi connectivity index (χ2n) is 8.89. The normalized spacial score (nSPS) is 18.0. The molecule has 0 unspecified atom stereocenters. The first-order valence-electron chi connectivity index (χ1n) is 11.0. The molecule has 4 rings (SSSR count). The fourth-order valence-electron chi connectivity index (χ4n) is 3.84. The summed E-state index contributed by atoms with van der Waals surface area (Å²) in [6.07, 6.45) is 4.48. The van der Waals surface area contributed by atoms with Crippen LogP contribution < -0.4 is 15.5 Å². The lowest BCUT2D eigenvalue weighted by Gasteiger charge is -2.28. The van der Waals surface area contributed by atoms with Crippen molar-refractivity contribution in [2.75, 3.05) is 10.2 Å². The van der Waals surface area contributed by atoms with Gasteiger partial charge >= 0.3 is 17.6 Å².